The average Bonchev–Trinajstić information content (AvgIpc) is 3.70. The van der Waals surface area contributed by atoms with Crippen LogP contribution in [0.2, 0.25) is 0 Å². The summed E-state index contributed by atoms with van der Waals surface area (Å²) < 4.78 is 57.4. The number of ether oxygens (including phenoxy) is 2. The van der Waals surface area contributed by atoms with Crippen LogP contribution in [-0.2, 0) is 14.9 Å². The molecule has 1 aromatic heterocycles. The molecule has 0 bridgehead atoms. The Hall–Kier alpha value is -3.48. The van der Waals surface area contributed by atoms with Crippen molar-refractivity contribution in [1.82, 2.24) is 9.88 Å². The number of aromatic nitrogens is 1. The number of piperidine rings is 1. The second-order valence-corrected chi connectivity index (χ2v) is 12.2. The van der Waals surface area contributed by atoms with Gasteiger partial charge in [-0.1, -0.05) is 17.7 Å². The van der Waals surface area contributed by atoms with Crippen molar-refractivity contribution in [1.29, 1.82) is 0 Å². The van der Waals surface area contributed by atoms with Crippen LogP contribution in [0.15, 0.2) is 46.2 Å². The molecule has 2 aromatic carbocycles. The maximum atomic E-state index is 15.4. The number of esters is 1. The molecule has 3 aliphatic rings. The van der Waals surface area contributed by atoms with Gasteiger partial charge in [0.25, 0.3) is 10.1 Å². The summed E-state index contributed by atoms with van der Waals surface area (Å²) in [6.45, 7) is 4.29. The van der Waals surface area contributed by atoms with Gasteiger partial charge >= 0.3 is 5.97 Å². The maximum absolute atomic E-state index is 15.4. The van der Waals surface area contributed by atoms with Crippen LogP contribution in [0, 0.1) is 18.7 Å². The molecular formula is C29H34FN3O7S. The lowest BCUT2D eigenvalue weighted by Crippen LogP contribution is -2.40. The number of rotatable bonds is 5. The van der Waals surface area contributed by atoms with Gasteiger partial charge in [-0.2, -0.15) is 8.42 Å². The molecule has 220 valence electrons. The highest BCUT2D eigenvalue weighted by molar-refractivity contribution is 7.85. The van der Waals surface area contributed by atoms with E-state index in [0.29, 0.717) is 35.5 Å². The molecule has 3 heterocycles. The zero-order valence-electron chi connectivity index (χ0n) is 23.2. The van der Waals surface area contributed by atoms with E-state index in [4.69, 9.17) is 14.0 Å². The van der Waals surface area contributed by atoms with E-state index in [1.807, 2.05) is 16.4 Å². The van der Waals surface area contributed by atoms with Crippen LogP contribution in [0.3, 0.4) is 0 Å². The smallest absolute Gasteiger partial charge is 0.343 e. The summed E-state index contributed by atoms with van der Waals surface area (Å²) in [5.74, 6) is -0.371. The van der Waals surface area contributed by atoms with Crippen molar-refractivity contribution in [3.8, 4) is 5.75 Å². The number of carbonyl (C=O) groups is 1. The maximum Gasteiger partial charge on any atom is 0.343 e. The van der Waals surface area contributed by atoms with Crippen LogP contribution in [0.4, 0.5) is 10.1 Å². The molecule has 0 amide bonds. The minimum atomic E-state index is -4.02. The second-order valence-electron chi connectivity index (χ2n) is 10.8. The van der Waals surface area contributed by atoms with Crippen LogP contribution < -0.4 is 20.4 Å². The molecular weight excluding hydrogens is 553 g/mol. The Morgan fingerprint density at radius 1 is 1.12 bits per heavy atom. The number of carbonyl (C=O) groups excluding carboxylic acids is 1. The molecule has 2 atom stereocenters. The summed E-state index contributed by atoms with van der Waals surface area (Å²) >= 11 is 0. The normalized spacial score (nSPS) is 20.3. The Morgan fingerprint density at radius 3 is 2.41 bits per heavy atom. The number of pyridine rings is 1. The summed E-state index contributed by atoms with van der Waals surface area (Å²) in [4.78, 5) is 27.2. The number of aryl methyl sites for hydroxylation is 1. The summed E-state index contributed by atoms with van der Waals surface area (Å²) in [6, 6.07) is 7.75. The van der Waals surface area contributed by atoms with E-state index in [1.165, 1.54) is 32.4 Å². The van der Waals surface area contributed by atoms with E-state index in [-0.39, 0.29) is 21.9 Å². The van der Waals surface area contributed by atoms with Crippen molar-refractivity contribution in [2.45, 2.75) is 49.6 Å². The Balaban J connectivity index is 0.000000259. The number of hydrogen-bond acceptors (Lipinski definition) is 8. The monoisotopic (exact) mass is 587 g/mol. The fourth-order valence-corrected chi connectivity index (χ4v) is 6.25. The highest BCUT2D eigenvalue weighted by Crippen LogP contribution is 2.45. The van der Waals surface area contributed by atoms with Gasteiger partial charge < -0.3 is 24.3 Å². The van der Waals surface area contributed by atoms with Crippen molar-refractivity contribution >= 4 is 32.7 Å². The molecule has 1 aliphatic carbocycles. The molecule has 41 heavy (non-hydrogen) atoms. The molecule has 0 radical (unpaired) electrons. The fraction of sp³-hybridized carbons (Fsp3) is 0.448. The van der Waals surface area contributed by atoms with Gasteiger partial charge in [0.2, 0.25) is 5.43 Å². The number of nitrogens with zero attached hydrogens (tertiary/aromatic N) is 2. The molecule has 3 fully saturated rings. The van der Waals surface area contributed by atoms with Crippen molar-refractivity contribution in [2.24, 2.45) is 5.92 Å². The summed E-state index contributed by atoms with van der Waals surface area (Å²) in [6.07, 6.45) is 5.67. The average molecular weight is 588 g/mol. The number of nitrogens with one attached hydrogen (secondary N) is 1. The molecule has 10 nitrogen and oxygen atoms in total. The third-order valence-electron chi connectivity index (χ3n) is 7.98. The Labute approximate surface area is 237 Å². The summed E-state index contributed by atoms with van der Waals surface area (Å²) in [5.41, 5.74) is 1.30. The zero-order chi connectivity index (χ0) is 29.5. The second kappa shape index (κ2) is 11.4. The lowest BCUT2D eigenvalue weighted by molar-refractivity contribution is 0.0598. The third-order valence-corrected chi connectivity index (χ3v) is 8.85. The Kier molecular flexibility index (Phi) is 8.09. The molecule has 0 unspecified atom stereocenters. The fourth-order valence-electron chi connectivity index (χ4n) is 5.77. The number of hydrogen-bond donors (Lipinski definition) is 2. The first-order valence-electron chi connectivity index (χ1n) is 13.6. The Morgan fingerprint density at radius 2 is 1.83 bits per heavy atom. The van der Waals surface area contributed by atoms with Crippen molar-refractivity contribution in [3.05, 3.63) is 63.7 Å². The van der Waals surface area contributed by atoms with Crippen molar-refractivity contribution in [2.75, 3.05) is 38.8 Å². The molecule has 6 rings (SSSR count). The first kappa shape index (κ1) is 29.0. The number of methoxy groups -OCH3 is 2. The lowest BCUT2D eigenvalue weighted by Gasteiger charge is -2.25. The first-order chi connectivity index (χ1) is 19.5. The quantitative estimate of drug-likeness (QED) is 0.339. The van der Waals surface area contributed by atoms with Gasteiger partial charge in [0.15, 0.2) is 11.6 Å². The summed E-state index contributed by atoms with van der Waals surface area (Å²) in [5, 5.41) is 3.69. The van der Waals surface area contributed by atoms with E-state index >= 15 is 4.39 Å². The molecule has 3 aromatic rings. The largest absolute Gasteiger partial charge is 0.492 e. The van der Waals surface area contributed by atoms with Gasteiger partial charge in [-0.05, 0) is 63.3 Å². The number of fused-ring (bicyclic) bond motifs is 2. The van der Waals surface area contributed by atoms with Crippen molar-refractivity contribution in [3.63, 3.8) is 0 Å². The van der Waals surface area contributed by atoms with Crippen LogP contribution in [0.5, 0.6) is 5.75 Å². The van der Waals surface area contributed by atoms with Gasteiger partial charge in [-0.3, -0.25) is 9.35 Å². The number of anilines is 1. The first-order valence-corrected chi connectivity index (χ1v) is 15.0. The van der Waals surface area contributed by atoms with Crippen LogP contribution in [0.25, 0.3) is 10.9 Å². The van der Waals surface area contributed by atoms with E-state index in [2.05, 4.69) is 5.32 Å². The van der Waals surface area contributed by atoms with Crippen LogP contribution in [-0.4, -0.2) is 63.4 Å². The van der Waals surface area contributed by atoms with E-state index in [1.54, 1.807) is 18.3 Å². The third kappa shape index (κ3) is 5.81. The number of benzene rings is 2. The highest BCUT2D eigenvalue weighted by Gasteiger charge is 2.38. The van der Waals surface area contributed by atoms with Crippen molar-refractivity contribution < 1.29 is 31.6 Å². The predicted molar refractivity (Wildman–Crippen MR) is 152 cm³/mol. The molecule has 2 N–H and O–H groups in total. The van der Waals surface area contributed by atoms with Gasteiger partial charge in [0.1, 0.15) is 11.3 Å². The Bertz CT molecular complexity index is 1620. The lowest BCUT2D eigenvalue weighted by atomic mass is 9.94. The van der Waals surface area contributed by atoms with Gasteiger partial charge in [0.05, 0.1) is 30.0 Å². The molecule has 12 heteroatoms. The van der Waals surface area contributed by atoms with Crippen LogP contribution >= 0.6 is 0 Å². The number of halogens is 1. The van der Waals surface area contributed by atoms with Crippen LogP contribution in [0.1, 0.15) is 47.6 Å². The van der Waals surface area contributed by atoms with Gasteiger partial charge in [0, 0.05) is 31.4 Å². The van der Waals surface area contributed by atoms with E-state index < -0.39 is 27.3 Å². The molecule has 2 aliphatic heterocycles. The summed E-state index contributed by atoms with van der Waals surface area (Å²) in [7, 11) is -1.28. The standard InChI is InChI=1S/C22H26FN3O4.C7H8O3S/c1-29-21-18-14(20(27)15(22(28)30-2)10-26(18)13-5-6-13)8-16(23)19(21)25-9-12-4-3-7-24-17(12)11-25;1-6-2-4-7(5-3-6)11(8,9)10/h8,10,12-13,17,24H,3-7,9,11H2,1-2H3;2-5H,1H3,(H,8,9,10)/t12-,17+;/m0./s1. The van der Waals surface area contributed by atoms with Gasteiger partial charge in [-0.25, -0.2) is 9.18 Å². The molecule has 1 saturated carbocycles. The molecule has 0 spiro atoms. The van der Waals surface area contributed by atoms with E-state index in [9.17, 15) is 18.0 Å². The minimum Gasteiger partial charge on any atom is -0.492 e. The van der Waals surface area contributed by atoms with Gasteiger partial charge in [-0.15, -0.1) is 0 Å². The predicted octanol–water partition coefficient (Wildman–Crippen LogP) is 3.70. The molecule has 2 saturated heterocycles. The van der Waals surface area contributed by atoms with E-state index in [0.717, 1.165) is 44.3 Å². The highest BCUT2D eigenvalue weighted by atomic mass is 32.2. The minimum absolute atomic E-state index is 0.0666. The SMILES string of the molecule is COC(=O)c1cn(C2CC2)c2c(OC)c(N3C[C@@H]4CCCN[C@@H]4C3)c(F)cc2c1=O.Cc1ccc(S(=O)(=O)O)cc1. The topological polar surface area (TPSA) is 127 Å². The zero-order valence-corrected chi connectivity index (χ0v) is 24.0.